The van der Waals surface area contributed by atoms with Crippen molar-refractivity contribution in [1.29, 1.82) is 0 Å². The van der Waals surface area contributed by atoms with E-state index in [1.165, 1.54) is 0 Å². The van der Waals surface area contributed by atoms with Crippen LogP contribution in [0.1, 0.15) is 9.80 Å². The van der Waals surface area contributed by atoms with Crippen LogP contribution in [0.5, 0.6) is 0 Å². The fraction of sp³-hybridized carbons (Fsp3) is 0.308. The summed E-state index contributed by atoms with van der Waals surface area (Å²) in [5.74, 6) is -0.0973. The number of nitrogens with zero attached hydrogens (tertiary/aromatic N) is 4. The van der Waals surface area contributed by atoms with E-state index in [2.05, 4.69) is 15.1 Å². The van der Waals surface area contributed by atoms with Gasteiger partial charge in [0.1, 0.15) is 0 Å². The first-order valence-corrected chi connectivity index (χ1v) is 7.72. The summed E-state index contributed by atoms with van der Waals surface area (Å²) in [6, 6.07) is 7.73. The molecular weight excluding hydrogens is 310 g/mol. The number of rotatable bonds is 2. The Morgan fingerprint density at radius 1 is 1.14 bits per heavy atom. The first-order chi connectivity index (χ1) is 10.1. The first-order valence-electron chi connectivity index (χ1n) is 6.52. The minimum Gasteiger partial charge on any atom is -0.374 e. The number of halogens is 1. The Bertz CT molecular complexity index is 636. The molecule has 1 amide bonds. The zero-order valence-electron chi connectivity index (χ0n) is 11.2. The van der Waals surface area contributed by atoms with Crippen molar-refractivity contribution in [2.75, 3.05) is 36.8 Å². The normalized spacial score (nSPS) is 15.3. The molecule has 6 nitrogen and oxygen atoms in total. The molecule has 1 aromatic heterocycles. The molecule has 110 valence electrons. The molecular formula is C13H14ClN5OS. The molecule has 0 bridgehead atoms. The summed E-state index contributed by atoms with van der Waals surface area (Å²) in [7, 11) is 0. The van der Waals surface area contributed by atoms with Gasteiger partial charge in [-0.2, -0.15) is 0 Å². The summed E-state index contributed by atoms with van der Waals surface area (Å²) < 4.78 is 0. The molecule has 21 heavy (non-hydrogen) atoms. The van der Waals surface area contributed by atoms with Crippen molar-refractivity contribution in [1.82, 2.24) is 15.1 Å². The molecule has 0 unspecified atom stereocenters. The molecule has 0 spiro atoms. The monoisotopic (exact) mass is 323 g/mol. The van der Waals surface area contributed by atoms with Crippen molar-refractivity contribution in [3.8, 4) is 0 Å². The summed E-state index contributed by atoms with van der Waals surface area (Å²) in [6.07, 6.45) is 0. The molecule has 0 radical (unpaired) electrons. The Balaban J connectivity index is 1.62. The molecule has 1 aliphatic rings. The smallest absolute Gasteiger partial charge is 0.285 e. The van der Waals surface area contributed by atoms with Crippen LogP contribution in [0.25, 0.3) is 0 Å². The van der Waals surface area contributed by atoms with Crippen LogP contribution < -0.4 is 10.6 Å². The Labute approximate surface area is 131 Å². The van der Waals surface area contributed by atoms with Crippen LogP contribution in [-0.4, -0.2) is 47.2 Å². The van der Waals surface area contributed by atoms with Gasteiger partial charge >= 0.3 is 0 Å². The highest BCUT2D eigenvalue weighted by molar-refractivity contribution is 7.16. The van der Waals surface area contributed by atoms with Gasteiger partial charge in [-0.1, -0.05) is 22.9 Å². The highest BCUT2D eigenvalue weighted by Gasteiger charge is 2.24. The van der Waals surface area contributed by atoms with Gasteiger partial charge in [0, 0.05) is 36.9 Å². The van der Waals surface area contributed by atoms with Crippen LogP contribution in [0.15, 0.2) is 24.3 Å². The Morgan fingerprint density at radius 2 is 1.81 bits per heavy atom. The van der Waals surface area contributed by atoms with Gasteiger partial charge in [0.05, 0.1) is 0 Å². The third-order valence-corrected chi connectivity index (χ3v) is 4.37. The zero-order valence-corrected chi connectivity index (χ0v) is 12.8. The number of carbonyl (C=O) groups excluding carboxylic acids is 1. The molecule has 2 N–H and O–H groups in total. The maximum atomic E-state index is 12.2. The third kappa shape index (κ3) is 3.08. The first kappa shape index (κ1) is 14.1. The van der Waals surface area contributed by atoms with Gasteiger partial charge in [0.2, 0.25) is 10.1 Å². The molecule has 1 aliphatic heterocycles. The van der Waals surface area contributed by atoms with Gasteiger partial charge in [-0.3, -0.25) is 4.79 Å². The van der Waals surface area contributed by atoms with Crippen molar-refractivity contribution in [3.63, 3.8) is 0 Å². The average molecular weight is 324 g/mol. The second kappa shape index (κ2) is 5.87. The number of amides is 1. The van der Waals surface area contributed by atoms with Gasteiger partial charge in [-0.15, -0.1) is 10.2 Å². The van der Waals surface area contributed by atoms with Crippen molar-refractivity contribution in [2.45, 2.75) is 0 Å². The lowest BCUT2D eigenvalue weighted by Gasteiger charge is -2.35. The van der Waals surface area contributed by atoms with E-state index in [-0.39, 0.29) is 5.91 Å². The zero-order chi connectivity index (χ0) is 14.8. The van der Waals surface area contributed by atoms with E-state index in [9.17, 15) is 4.79 Å². The maximum Gasteiger partial charge on any atom is 0.285 e. The van der Waals surface area contributed by atoms with Crippen LogP contribution in [0, 0.1) is 0 Å². The number of benzene rings is 1. The standard InChI is InChI=1S/C13H14ClN5OS/c14-9-1-3-10(4-2-9)18-5-7-19(8-6-18)12(20)11-16-17-13(15)21-11/h1-4H,5-8H2,(H2,15,17). The Kier molecular flexibility index (Phi) is 3.94. The lowest BCUT2D eigenvalue weighted by Crippen LogP contribution is -2.48. The molecule has 2 aromatic rings. The number of nitrogen functional groups attached to an aromatic ring is 1. The SMILES string of the molecule is Nc1nnc(C(=O)N2CCN(c3ccc(Cl)cc3)CC2)s1. The summed E-state index contributed by atoms with van der Waals surface area (Å²) in [4.78, 5) is 16.3. The second-order valence-electron chi connectivity index (χ2n) is 4.70. The van der Waals surface area contributed by atoms with E-state index >= 15 is 0 Å². The summed E-state index contributed by atoms with van der Waals surface area (Å²) in [6.45, 7) is 2.87. The highest BCUT2D eigenvalue weighted by Crippen LogP contribution is 2.20. The number of carbonyl (C=O) groups is 1. The molecule has 0 saturated carbocycles. The third-order valence-electron chi connectivity index (χ3n) is 3.38. The van der Waals surface area contributed by atoms with Crippen LogP contribution in [-0.2, 0) is 0 Å². The van der Waals surface area contributed by atoms with Gasteiger partial charge < -0.3 is 15.5 Å². The van der Waals surface area contributed by atoms with Gasteiger partial charge in [0.15, 0.2) is 0 Å². The van der Waals surface area contributed by atoms with Crippen LogP contribution in [0.2, 0.25) is 5.02 Å². The minimum atomic E-state index is -0.0973. The molecule has 3 rings (SSSR count). The lowest BCUT2D eigenvalue weighted by molar-refractivity contribution is 0.0745. The predicted octanol–water partition coefficient (Wildman–Crippen LogP) is 1.74. The number of hydrogen-bond donors (Lipinski definition) is 1. The van der Waals surface area contributed by atoms with Crippen LogP contribution in [0.4, 0.5) is 10.8 Å². The van der Waals surface area contributed by atoms with Crippen molar-refractivity contribution in [3.05, 3.63) is 34.3 Å². The lowest BCUT2D eigenvalue weighted by atomic mass is 10.2. The quantitative estimate of drug-likeness (QED) is 0.911. The van der Waals surface area contributed by atoms with Crippen LogP contribution in [0.3, 0.4) is 0 Å². The molecule has 1 fully saturated rings. The summed E-state index contributed by atoms with van der Waals surface area (Å²) in [5.41, 5.74) is 6.63. The van der Waals surface area contributed by atoms with E-state index in [1.807, 2.05) is 24.3 Å². The van der Waals surface area contributed by atoms with Gasteiger partial charge in [-0.05, 0) is 24.3 Å². The van der Waals surface area contributed by atoms with E-state index in [0.29, 0.717) is 23.2 Å². The number of aromatic nitrogens is 2. The maximum absolute atomic E-state index is 12.2. The largest absolute Gasteiger partial charge is 0.374 e. The minimum absolute atomic E-state index is 0.0973. The van der Waals surface area contributed by atoms with Crippen molar-refractivity contribution < 1.29 is 4.79 Å². The molecule has 2 heterocycles. The Morgan fingerprint density at radius 3 is 2.38 bits per heavy atom. The molecule has 0 aliphatic carbocycles. The summed E-state index contributed by atoms with van der Waals surface area (Å²) >= 11 is 7.02. The van der Waals surface area contributed by atoms with Crippen LogP contribution >= 0.6 is 22.9 Å². The fourth-order valence-corrected chi connectivity index (χ4v) is 2.98. The topological polar surface area (TPSA) is 75.3 Å². The van der Waals surface area contributed by atoms with E-state index < -0.39 is 0 Å². The summed E-state index contributed by atoms with van der Waals surface area (Å²) in [5, 5.41) is 8.88. The van der Waals surface area contributed by atoms with Crippen molar-refractivity contribution >= 4 is 39.7 Å². The molecule has 1 aromatic carbocycles. The van der Waals surface area contributed by atoms with E-state index in [0.717, 1.165) is 35.1 Å². The predicted molar refractivity (Wildman–Crippen MR) is 83.9 cm³/mol. The number of nitrogens with two attached hydrogens (primary N) is 1. The highest BCUT2D eigenvalue weighted by atomic mass is 35.5. The molecule has 1 saturated heterocycles. The van der Waals surface area contributed by atoms with E-state index in [1.54, 1.807) is 4.90 Å². The van der Waals surface area contributed by atoms with E-state index in [4.69, 9.17) is 17.3 Å². The molecule has 0 atom stereocenters. The second-order valence-corrected chi connectivity index (χ2v) is 6.15. The number of hydrogen-bond acceptors (Lipinski definition) is 6. The van der Waals surface area contributed by atoms with Crippen molar-refractivity contribution in [2.24, 2.45) is 0 Å². The number of anilines is 2. The van der Waals surface area contributed by atoms with Gasteiger partial charge in [0.25, 0.3) is 5.91 Å². The Hall–Kier alpha value is -1.86. The molecule has 8 heteroatoms. The fourth-order valence-electron chi connectivity index (χ4n) is 2.28. The average Bonchev–Trinajstić information content (AvgIpc) is 2.94. The number of piperazine rings is 1. The van der Waals surface area contributed by atoms with Gasteiger partial charge in [-0.25, -0.2) is 0 Å².